The minimum atomic E-state index is -5.12. The summed E-state index contributed by atoms with van der Waals surface area (Å²) in [6, 6.07) is 0. The summed E-state index contributed by atoms with van der Waals surface area (Å²) < 4.78 is 31.8. The van der Waals surface area contributed by atoms with Crippen LogP contribution in [-0.2, 0) is 38.1 Å². The second-order valence-electron chi connectivity index (χ2n) is 0.415. The zero-order valence-corrected chi connectivity index (χ0v) is 8.85. The molecule has 0 aliphatic carbocycles. The van der Waals surface area contributed by atoms with Crippen LogP contribution in [0.3, 0.4) is 0 Å². The summed E-state index contributed by atoms with van der Waals surface area (Å²) in [7, 11) is 0. The van der Waals surface area contributed by atoms with Crippen molar-refractivity contribution in [1.29, 1.82) is 0 Å². The Bertz CT molecular complexity index is 99.2. The van der Waals surface area contributed by atoms with E-state index in [1.54, 1.807) is 0 Å². The predicted octanol–water partition coefficient (Wildman–Crippen LogP) is -4.24. The van der Waals surface area contributed by atoms with E-state index in [9.17, 15) is 0 Å². The topological polar surface area (TPSA) is 74.6 Å². The van der Waals surface area contributed by atoms with E-state index in [2.05, 4.69) is 0 Å². The third-order valence-electron chi connectivity index (χ3n) is 0. The molecule has 0 aromatic heterocycles. The van der Waals surface area contributed by atoms with Crippen LogP contribution in [-0.4, -0.2) is 8.38 Å². The molecule has 0 saturated carbocycles. The second kappa shape index (κ2) is 6.32. The molecule has 0 spiro atoms. The van der Waals surface area contributed by atoms with Crippen LogP contribution in [0.5, 0.6) is 0 Å². The molecule has 7 heteroatoms. The quantitative estimate of drug-likeness (QED) is 0.403. The maximum atomic E-state index is 8.80. The summed E-state index contributed by atoms with van der Waals surface area (Å²) in [5, 5.41) is 0. The van der Waals surface area contributed by atoms with Gasteiger partial charge in [0.1, 0.15) is 0 Å². The van der Waals surface area contributed by atoms with Gasteiger partial charge in [-0.1, -0.05) is 0 Å². The molecule has 0 unspecified atom stereocenters. The van der Waals surface area contributed by atoms with E-state index >= 15 is 0 Å². The summed E-state index contributed by atoms with van der Waals surface area (Å²) in [5.74, 6) is 0. The molecule has 0 aromatic carbocycles. The average Bonchev–Trinajstić information content (AvgIpc) is 0.722. The van der Waals surface area contributed by atoms with Crippen LogP contribution < -0.4 is 51.4 Å². The predicted molar refractivity (Wildman–Crippen MR) is 6.92 cm³/mol. The van der Waals surface area contributed by atoms with Crippen molar-refractivity contribution in [2.24, 2.45) is 0 Å². The van der Waals surface area contributed by atoms with Gasteiger partial charge in [-0.25, -0.2) is 0 Å². The first-order valence-electron chi connectivity index (χ1n) is 0.647. The fourth-order valence-electron chi connectivity index (χ4n) is 0. The minimum absolute atomic E-state index is 0. The van der Waals surface area contributed by atoms with Crippen LogP contribution in [0.15, 0.2) is 0 Å². The van der Waals surface area contributed by atoms with Gasteiger partial charge in [-0.3, -0.25) is 0 Å². The van der Waals surface area contributed by atoms with Gasteiger partial charge in [0.2, 0.25) is 0 Å². The van der Waals surface area contributed by atoms with Crippen LogP contribution in [0.25, 0.3) is 0 Å². The van der Waals surface area contributed by atoms with Crippen LogP contribution in [0.2, 0.25) is 0 Å². The van der Waals surface area contributed by atoms with E-state index in [-0.39, 0.29) is 69.9 Å². The van der Waals surface area contributed by atoms with Gasteiger partial charge >= 0.3 is 80.8 Å². The maximum absolute atomic E-state index is 8.80. The van der Waals surface area contributed by atoms with Crippen LogP contribution in [0.1, 0.15) is 1.43 Å². The Morgan fingerprint density at radius 1 is 1.29 bits per heavy atom. The molecule has 43 valence electrons. The van der Waals surface area contributed by atoms with Crippen molar-refractivity contribution in [3.63, 3.8) is 0 Å². The first kappa shape index (κ1) is 16.1. The molecule has 0 fully saturated rings. The Morgan fingerprint density at radius 2 is 1.29 bits per heavy atom. The normalized spacial score (nSPS) is 8.29. The number of hydrogen-bond donors (Lipinski definition) is 2. The van der Waals surface area contributed by atoms with E-state index in [0.717, 1.165) is 0 Å². The van der Waals surface area contributed by atoms with E-state index < -0.39 is 13.4 Å². The molecular formula is H3FeKMnO4. The average molecular weight is 217 g/mol. The van der Waals surface area contributed by atoms with Gasteiger partial charge in [0.25, 0.3) is 0 Å². The molecule has 0 atom stereocenters. The molecule has 0 aliphatic heterocycles. The van der Waals surface area contributed by atoms with Crippen molar-refractivity contribution in [2.45, 2.75) is 0 Å². The number of rotatable bonds is 0. The molecule has 0 rings (SSSR count). The van der Waals surface area contributed by atoms with Crippen molar-refractivity contribution in [3.05, 3.63) is 0 Å². The fourth-order valence-corrected chi connectivity index (χ4v) is 0. The SMILES string of the molecule is [Fe].[H-].[K+].[O]=[Mn](=[O])([OH])[OH]. The van der Waals surface area contributed by atoms with Crippen molar-refractivity contribution in [3.8, 4) is 0 Å². The molecule has 0 heterocycles. The van der Waals surface area contributed by atoms with E-state index in [0.29, 0.717) is 0 Å². The van der Waals surface area contributed by atoms with Crippen molar-refractivity contribution in [1.82, 2.24) is 0 Å². The summed E-state index contributed by atoms with van der Waals surface area (Å²) in [6.07, 6.45) is 0. The molecule has 0 bridgehead atoms. The van der Waals surface area contributed by atoms with Crippen LogP contribution in [0, 0.1) is 0 Å². The van der Waals surface area contributed by atoms with Crippen molar-refractivity contribution >= 4 is 0 Å². The monoisotopic (exact) mass is 217 g/mol. The van der Waals surface area contributed by atoms with Gasteiger partial charge < -0.3 is 1.43 Å². The van der Waals surface area contributed by atoms with Crippen molar-refractivity contribution < 1.29 is 99.3 Å². The Morgan fingerprint density at radius 3 is 1.29 bits per heavy atom. The molecule has 0 radical (unpaired) electrons. The van der Waals surface area contributed by atoms with Gasteiger partial charge in [-0.15, -0.1) is 0 Å². The van der Waals surface area contributed by atoms with E-state index in [1.165, 1.54) is 0 Å². The third kappa shape index (κ3) is 65.3. The van der Waals surface area contributed by atoms with E-state index in [4.69, 9.17) is 16.0 Å². The van der Waals surface area contributed by atoms with Gasteiger partial charge in [0.15, 0.2) is 0 Å². The Hall–Kier alpha value is 2.20. The van der Waals surface area contributed by atoms with Crippen molar-refractivity contribution in [2.75, 3.05) is 0 Å². The molecule has 2 N–H and O–H groups in total. The summed E-state index contributed by atoms with van der Waals surface area (Å²) in [5.41, 5.74) is 0. The number of hydrogen-bond acceptors (Lipinski definition) is 2. The first-order chi connectivity index (χ1) is 2.00. The Labute approximate surface area is 97.3 Å². The summed E-state index contributed by atoms with van der Waals surface area (Å²) in [6.45, 7) is 0. The molecule has 4 nitrogen and oxygen atoms in total. The van der Waals surface area contributed by atoms with Gasteiger partial charge in [0, 0.05) is 17.1 Å². The third-order valence-corrected chi connectivity index (χ3v) is 0. The Balaban J connectivity index is -0.0000000267. The van der Waals surface area contributed by atoms with Gasteiger partial charge in [0.05, 0.1) is 0 Å². The van der Waals surface area contributed by atoms with Gasteiger partial charge in [-0.2, -0.15) is 0 Å². The second-order valence-corrected chi connectivity index (χ2v) is 1.71. The summed E-state index contributed by atoms with van der Waals surface area (Å²) in [4.78, 5) is 0. The van der Waals surface area contributed by atoms with Crippen LogP contribution >= 0.6 is 0 Å². The standard InChI is InChI=1S/Fe.K.Mn.2H2O.2O.H/h;;;2*1H2;;;/q;+1;+2;;;;;-1/p-2. The summed E-state index contributed by atoms with van der Waals surface area (Å²) >= 11 is -5.12. The first-order valence-corrected chi connectivity index (χ1v) is 2.67. The molecule has 0 amide bonds. The molecule has 0 aliphatic rings. The van der Waals surface area contributed by atoms with Gasteiger partial charge in [-0.05, 0) is 0 Å². The molecule has 0 aromatic rings. The Kier molecular flexibility index (Phi) is 14.5. The fraction of sp³-hybridized carbons (Fsp3) is 0. The zero-order valence-electron chi connectivity index (χ0n) is 4.44. The zero-order chi connectivity index (χ0) is 4.50. The van der Waals surface area contributed by atoms with E-state index in [1.807, 2.05) is 0 Å². The molecule has 0 saturated heterocycles. The molecule has 7 heavy (non-hydrogen) atoms. The molecular weight excluding hydrogens is 214 g/mol. The van der Waals surface area contributed by atoms with Crippen LogP contribution in [0.4, 0.5) is 0 Å².